The number of carbonyl (C=O) groups excluding carboxylic acids is 1. The van der Waals surface area contributed by atoms with Crippen LogP contribution in [0.2, 0.25) is 0 Å². The summed E-state index contributed by atoms with van der Waals surface area (Å²) in [5, 5.41) is 2.88. The molecule has 0 aliphatic heterocycles. The standard InChI is InChI=1S/C21H20N2O3S/c1-23(17-10-4-3-5-11-17)20-14-7-6-13-19(20)22-21(24)16-9-8-12-18(15-16)27(2,25)26/h3-15H,1-2H3,(H,22,24). The van der Waals surface area contributed by atoms with Gasteiger partial charge in [-0.2, -0.15) is 0 Å². The summed E-state index contributed by atoms with van der Waals surface area (Å²) in [4.78, 5) is 14.8. The van der Waals surface area contributed by atoms with Crippen molar-refractivity contribution in [3.8, 4) is 0 Å². The first-order valence-corrected chi connectivity index (χ1v) is 10.2. The summed E-state index contributed by atoms with van der Waals surface area (Å²) < 4.78 is 23.5. The Bertz CT molecular complexity index is 1060. The van der Waals surface area contributed by atoms with Gasteiger partial charge in [0.2, 0.25) is 0 Å². The second-order valence-corrected chi connectivity index (χ2v) is 8.18. The first-order chi connectivity index (χ1) is 12.9. The van der Waals surface area contributed by atoms with Crippen molar-refractivity contribution in [3.05, 3.63) is 84.4 Å². The maximum absolute atomic E-state index is 12.7. The lowest BCUT2D eigenvalue weighted by atomic mass is 10.2. The number of hydrogen-bond donors (Lipinski definition) is 1. The van der Waals surface area contributed by atoms with Gasteiger partial charge in [-0.05, 0) is 42.5 Å². The van der Waals surface area contributed by atoms with Crippen molar-refractivity contribution in [2.75, 3.05) is 23.5 Å². The van der Waals surface area contributed by atoms with E-state index in [2.05, 4.69) is 5.32 Å². The molecule has 0 saturated carbocycles. The van der Waals surface area contributed by atoms with Crippen LogP contribution >= 0.6 is 0 Å². The highest BCUT2D eigenvalue weighted by Crippen LogP contribution is 2.30. The van der Waals surface area contributed by atoms with Crippen molar-refractivity contribution >= 4 is 32.8 Å². The zero-order valence-corrected chi connectivity index (χ0v) is 15.9. The van der Waals surface area contributed by atoms with Gasteiger partial charge in [0.05, 0.1) is 16.3 Å². The second kappa shape index (κ2) is 7.63. The monoisotopic (exact) mass is 380 g/mol. The lowest BCUT2D eigenvalue weighted by Crippen LogP contribution is -2.17. The highest BCUT2D eigenvalue weighted by Gasteiger charge is 2.15. The van der Waals surface area contributed by atoms with Gasteiger partial charge in [0, 0.05) is 24.6 Å². The normalized spacial score (nSPS) is 11.0. The Balaban J connectivity index is 1.90. The maximum atomic E-state index is 12.7. The molecule has 0 spiro atoms. The summed E-state index contributed by atoms with van der Waals surface area (Å²) in [6.45, 7) is 0. The number of nitrogens with one attached hydrogen (secondary N) is 1. The van der Waals surface area contributed by atoms with Crippen molar-refractivity contribution in [3.63, 3.8) is 0 Å². The van der Waals surface area contributed by atoms with E-state index in [-0.39, 0.29) is 16.4 Å². The van der Waals surface area contributed by atoms with Gasteiger partial charge in [0.15, 0.2) is 9.84 Å². The SMILES string of the molecule is CN(c1ccccc1)c1ccccc1NC(=O)c1cccc(S(C)(=O)=O)c1. The Morgan fingerprint density at radius 2 is 1.56 bits per heavy atom. The van der Waals surface area contributed by atoms with Gasteiger partial charge in [0.1, 0.15) is 0 Å². The smallest absolute Gasteiger partial charge is 0.255 e. The summed E-state index contributed by atoms with van der Waals surface area (Å²) in [5.41, 5.74) is 2.74. The Morgan fingerprint density at radius 3 is 2.26 bits per heavy atom. The Hall–Kier alpha value is -3.12. The molecule has 138 valence electrons. The molecular formula is C21H20N2O3S. The molecule has 0 radical (unpaired) electrons. The van der Waals surface area contributed by atoms with Crippen LogP contribution in [0, 0.1) is 0 Å². The van der Waals surface area contributed by atoms with Crippen LogP contribution < -0.4 is 10.2 Å². The van der Waals surface area contributed by atoms with E-state index in [1.54, 1.807) is 12.1 Å². The second-order valence-electron chi connectivity index (χ2n) is 6.17. The third kappa shape index (κ3) is 4.35. The molecule has 0 aliphatic rings. The predicted molar refractivity (Wildman–Crippen MR) is 108 cm³/mol. The number of anilines is 3. The maximum Gasteiger partial charge on any atom is 0.255 e. The highest BCUT2D eigenvalue weighted by atomic mass is 32.2. The molecule has 0 bridgehead atoms. The van der Waals surface area contributed by atoms with Gasteiger partial charge in [-0.15, -0.1) is 0 Å². The van der Waals surface area contributed by atoms with Crippen LogP contribution in [-0.2, 0) is 9.84 Å². The van der Waals surface area contributed by atoms with Crippen LogP contribution in [0.3, 0.4) is 0 Å². The van der Waals surface area contributed by atoms with E-state index in [1.165, 1.54) is 12.1 Å². The zero-order chi connectivity index (χ0) is 19.4. The number of carbonyl (C=O) groups is 1. The van der Waals surface area contributed by atoms with Gasteiger partial charge < -0.3 is 10.2 Å². The number of rotatable bonds is 5. The average molecular weight is 380 g/mol. The fourth-order valence-corrected chi connectivity index (χ4v) is 3.39. The minimum Gasteiger partial charge on any atom is -0.343 e. The zero-order valence-electron chi connectivity index (χ0n) is 15.1. The molecule has 0 atom stereocenters. The van der Waals surface area contributed by atoms with Gasteiger partial charge in [-0.1, -0.05) is 36.4 Å². The van der Waals surface area contributed by atoms with Crippen LogP contribution in [0.4, 0.5) is 17.1 Å². The van der Waals surface area contributed by atoms with Crippen molar-refractivity contribution in [2.24, 2.45) is 0 Å². The van der Waals surface area contributed by atoms with Crippen LogP contribution in [0.5, 0.6) is 0 Å². The highest BCUT2D eigenvalue weighted by molar-refractivity contribution is 7.90. The third-order valence-electron chi connectivity index (χ3n) is 4.18. The van der Waals surface area contributed by atoms with Crippen molar-refractivity contribution in [1.29, 1.82) is 0 Å². The van der Waals surface area contributed by atoms with Gasteiger partial charge in [-0.3, -0.25) is 4.79 Å². The van der Waals surface area contributed by atoms with Crippen molar-refractivity contribution in [1.82, 2.24) is 0 Å². The minimum absolute atomic E-state index is 0.116. The molecule has 0 fully saturated rings. The van der Waals surface area contributed by atoms with Crippen LogP contribution in [0.25, 0.3) is 0 Å². The Morgan fingerprint density at radius 1 is 0.889 bits per heavy atom. The summed E-state index contributed by atoms with van der Waals surface area (Å²) >= 11 is 0. The molecule has 0 aromatic heterocycles. The van der Waals surface area contributed by atoms with Crippen molar-refractivity contribution < 1.29 is 13.2 Å². The van der Waals surface area contributed by atoms with Gasteiger partial charge in [-0.25, -0.2) is 8.42 Å². The molecule has 1 amide bonds. The van der Waals surface area contributed by atoms with Gasteiger partial charge >= 0.3 is 0 Å². The predicted octanol–water partition coefficient (Wildman–Crippen LogP) is 4.11. The number of para-hydroxylation sites is 3. The minimum atomic E-state index is -3.38. The molecule has 0 saturated heterocycles. The first kappa shape index (κ1) is 18.7. The summed E-state index contributed by atoms with van der Waals surface area (Å²) in [5.74, 6) is -0.366. The number of benzene rings is 3. The molecule has 3 rings (SSSR count). The fraction of sp³-hybridized carbons (Fsp3) is 0.0952. The molecule has 6 heteroatoms. The molecule has 5 nitrogen and oxygen atoms in total. The number of sulfone groups is 1. The van der Waals surface area contributed by atoms with E-state index in [0.29, 0.717) is 5.69 Å². The molecule has 0 aliphatic carbocycles. The van der Waals surface area contributed by atoms with Crippen LogP contribution in [0.1, 0.15) is 10.4 Å². The summed E-state index contributed by atoms with van der Waals surface area (Å²) in [7, 11) is -1.46. The fourth-order valence-electron chi connectivity index (χ4n) is 2.72. The molecular weight excluding hydrogens is 360 g/mol. The molecule has 1 N–H and O–H groups in total. The topological polar surface area (TPSA) is 66.5 Å². The van der Waals surface area contributed by atoms with Gasteiger partial charge in [0.25, 0.3) is 5.91 Å². The lowest BCUT2D eigenvalue weighted by molar-refractivity contribution is 0.102. The molecule has 0 unspecified atom stereocenters. The quantitative estimate of drug-likeness (QED) is 0.723. The number of amides is 1. The average Bonchev–Trinajstić information content (AvgIpc) is 2.68. The van der Waals surface area contributed by atoms with E-state index in [9.17, 15) is 13.2 Å². The lowest BCUT2D eigenvalue weighted by Gasteiger charge is -2.22. The van der Waals surface area contributed by atoms with E-state index < -0.39 is 9.84 Å². The Kier molecular flexibility index (Phi) is 5.28. The molecule has 3 aromatic carbocycles. The van der Waals surface area contributed by atoms with Crippen molar-refractivity contribution in [2.45, 2.75) is 4.90 Å². The molecule has 3 aromatic rings. The van der Waals surface area contributed by atoms with E-state index in [4.69, 9.17) is 0 Å². The third-order valence-corrected chi connectivity index (χ3v) is 5.29. The number of nitrogens with zero attached hydrogens (tertiary/aromatic N) is 1. The number of hydrogen-bond acceptors (Lipinski definition) is 4. The van der Waals surface area contributed by atoms with E-state index in [0.717, 1.165) is 17.6 Å². The first-order valence-electron chi connectivity index (χ1n) is 8.35. The van der Waals surface area contributed by atoms with Crippen LogP contribution in [0.15, 0.2) is 83.8 Å². The molecule has 0 heterocycles. The van der Waals surface area contributed by atoms with E-state index in [1.807, 2.05) is 66.5 Å². The largest absolute Gasteiger partial charge is 0.343 e. The molecule has 27 heavy (non-hydrogen) atoms. The Labute approximate surface area is 159 Å². The van der Waals surface area contributed by atoms with Crippen LogP contribution in [-0.4, -0.2) is 27.6 Å². The summed E-state index contributed by atoms with van der Waals surface area (Å²) in [6.07, 6.45) is 1.12. The van der Waals surface area contributed by atoms with E-state index >= 15 is 0 Å². The summed E-state index contributed by atoms with van der Waals surface area (Å²) in [6, 6.07) is 23.3.